The maximum absolute atomic E-state index is 14.0. The number of nitrogens with two attached hydrogens (primary N) is 1. The summed E-state index contributed by atoms with van der Waals surface area (Å²) in [6, 6.07) is 7.01. The monoisotopic (exact) mass is 432 g/mol. The van der Waals surface area contributed by atoms with Crippen molar-refractivity contribution in [2.75, 3.05) is 63.8 Å². The highest BCUT2D eigenvalue weighted by Gasteiger charge is 2.23. The smallest absolute Gasteiger partial charge is 0.217 e. The maximum Gasteiger partial charge on any atom is 0.217 e. The third-order valence-electron chi connectivity index (χ3n) is 6.10. The molecule has 1 unspecified atom stereocenters. The molecule has 0 radical (unpaired) electrons. The van der Waals surface area contributed by atoms with Gasteiger partial charge in [-0.15, -0.1) is 0 Å². The molecule has 31 heavy (non-hydrogen) atoms. The van der Waals surface area contributed by atoms with E-state index in [1.165, 1.54) is 6.07 Å². The van der Waals surface area contributed by atoms with E-state index in [1.54, 1.807) is 6.07 Å². The Hall–Kier alpha value is -2.35. The minimum absolute atomic E-state index is 0.142. The Morgan fingerprint density at radius 1 is 1.23 bits per heavy atom. The second-order valence-electron chi connectivity index (χ2n) is 8.49. The van der Waals surface area contributed by atoms with Crippen LogP contribution >= 0.6 is 0 Å². The molecule has 0 aliphatic carbocycles. The largest absolute Gasteiger partial charge is 0.370 e. The summed E-state index contributed by atoms with van der Waals surface area (Å²) in [5.74, 6) is 0.905. The molecule has 7 nitrogen and oxygen atoms in total. The van der Waals surface area contributed by atoms with E-state index in [0.717, 1.165) is 84.1 Å². The van der Waals surface area contributed by atoms with Gasteiger partial charge in [0.15, 0.2) is 5.96 Å². The topological polar surface area (TPSA) is 77.2 Å². The average Bonchev–Trinajstić information content (AvgIpc) is 2.76. The first-order valence-electron chi connectivity index (χ1n) is 11.6. The molecule has 1 amide bonds. The van der Waals surface area contributed by atoms with E-state index in [4.69, 9.17) is 10.7 Å². The number of primary amides is 1. The molecule has 2 heterocycles. The lowest BCUT2D eigenvalue weighted by molar-refractivity contribution is -0.119. The lowest BCUT2D eigenvalue weighted by Gasteiger charge is -2.36. The van der Waals surface area contributed by atoms with Crippen molar-refractivity contribution in [3.63, 3.8) is 0 Å². The van der Waals surface area contributed by atoms with Crippen molar-refractivity contribution in [3.8, 4) is 0 Å². The highest BCUT2D eigenvalue weighted by atomic mass is 19.1. The number of hydrogen-bond donors (Lipinski definition) is 2. The molecule has 0 saturated carbocycles. The molecule has 0 spiro atoms. The summed E-state index contributed by atoms with van der Waals surface area (Å²) in [5.41, 5.74) is 6.10. The van der Waals surface area contributed by atoms with Crippen molar-refractivity contribution < 1.29 is 9.18 Å². The predicted molar refractivity (Wildman–Crippen MR) is 124 cm³/mol. The molecule has 2 aliphatic heterocycles. The number of piperidine rings is 1. The van der Waals surface area contributed by atoms with Crippen molar-refractivity contribution in [2.45, 2.75) is 32.6 Å². The van der Waals surface area contributed by atoms with Gasteiger partial charge in [-0.05, 0) is 44.2 Å². The van der Waals surface area contributed by atoms with Gasteiger partial charge in [0.1, 0.15) is 5.82 Å². The number of benzene rings is 1. The summed E-state index contributed by atoms with van der Waals surface area (Å²) in [6.07, 6.45) is 3.56. The summed E-state index contributed by atoms with van der Waals surface area (Å²) >= 11 is 0. The Morgan fingerprint density at radius 2 is 2.00 bits per heavy atom. The third kappa shape index (κ3) is 7.09. The molecule has 3 N–H and O–H groups in total. The van der Waals surface area contributed by atoms with Gasteiger partial charge in [-0.2, -0.15) is 0 Å². The minimum atomic E-state index is -0.219. The van der Waals surface area contributed by atoms with Gasteiger partial charge in [-0.25, -0.2) is 4.39 Å². The standard InChI is InChI=1S/C23H37FN6O/c1-2-26-23(30-12-5-7-19(18-30)17-22(25)31)27-10-6-11-28-13-15-29(16-14-28)21-9-4-3-8-20(21)24/h3-4,8-9,19H,2,5-7,10-18H2,1H3,(H2,25,31)(H,26,27). The molecule has 2 saturated heterocycles. The number of halogens is 1. The fourth-order valence-corrected chi connectivity index (χ4v) is 4.53. The van der Waals surface area contributed by atoms with Crippen molar-refractivity contribution in [1.29, 1.82) is 0 Å². The number of aliphatic imine (C=N–C) groups is 1. The Bertz CT molecular complexity index is 735. The number of para-hydroxylation sites is 1. The van der Waals surface area contributed by atoms with Crippen LogP contribution in [0.1, 0.15) is 32.6 Å². The Morgan fingerprint density at radius 3 is 2.71 bits per heavy atom. The van der Waals surface area contributed by atoms with Crippen molar-refractivity contribution in [2.24, 2.45) is 16.6 Å². The van der Waals surface area contributed by atoms with Crippen LogP contribution in [-0.2, 0) is 4.79 Å². The summed E-state index contributed by atoms with van der Waals surface area (Å²) in [4.78, 5) is 23.0. The zero-order chi connectivity index (χ0) is 22.1. The SMILES string of the molecule is CCNC(=NCCCN1CCN(c2ccccc2F)CC1)N1CCCC(CC(N)=O)C1. The summed E-state index contributed by atoms with van der Waals surface area (Å²) in [6.45, 7) is 10.1. The maximum atomic E-state index is 14.0. The van der Waals surface area contributed by atoms with Crippen LogP contribution in [0.2, 0.25) is 0 Å². The molecule has 0 aromatic heterocycles. The molecule has 1 aromatic rings. The Labute approximate surface area is 185 Å². The van der Waals surface area contributed by atoms with Crippen LogP contribution in [-0.4, -0.2) is 80.6 Å². The van der Waals surface area contributed by atoms with E-state index in [0.29, 0.717) is 18.0 Å². The fourth-order valence-electron chi connectivity index (χ4n) is 4.53. The van der Waals surface area contributed by atoms with Crippen LogP contribution in [0.25, 0.3) is 0 Å². The molecule has 0 bridgehead atoms. The summed E-state index contributed by atoms with van der Waals surface area (Å²) in [7, 11) is 0. The van der Waals surface area contributed by atoms with Gasteiger partial charge in [0, 0.05) is 65.3 Å². The van der Waals surface area contributed by atoms with E-state index >= 15 is 0 Å². The van der Waals surface area contributed by atoms with Crippen molar-refractivity contribution in [1.82, 2.24) is 15.1 Å². The van der Waals surface area contributed by atoms with Crippen LogP contribution in [0.3, 0.4) is 0 Å². The first kappa shape index (κ1) is 23.3. The van der Waals surface area contributed by atoms with Crippen molar-refractivity contribution >= 4 is 17.6 Å². The summed E-state index contributed by atoms with van der Waals surface area (Å²) in [5, 5.41) is 3.40. The van der Waals surface area contributed by atoms with Gasteiger partial charge in [-0.3, -0.25) is 14.7 Å². The number of carbonyl (C=O) groups is 1. The number of rotatable bonds is 8. The first-order valence-corrected chi connectivity index (χ1v) is 11.6. The lowest BCUT2D eigenvalue weighted by Crippen LogP contribution is -2.47. The van der Waals surface area contributed by atoms with Gasteiger partial charge in [0.05, 0.1) is 5.69 Å². The van der Waals surface area contributed by atoms with E-state index in [9.17, 15) is 9.18 Å². The quantitative estimate of drug-likeness (QED) is 0.373. The minimum Gasteiger partial charge on any atom is -0.370 e. The molecule has 2 fully saturated rings. The molecule has 8 heteroatoms. The van der Waals surface area contributed by atoms with Gasteiger partial charge < -0.3 is 20.9 Å². The number of anilines is 1. The normalized spacial score (nSPS) is 20.7. The second kappa shape index (κ2) is 11.9. The number of likely N-dealkylation sites (tertiary alicyclic amines) is 1. The number of hydrogen-bond acceptors (Lipinski definition) is 4. The number of guanidine groups is 1. The van der Waals surface area contributed by atoms with Crippen LogP contribution < -0.4 is 16.0 Å². The van der Waals surface area contributed by atoms with Crippen LogP contribution in [0.15, 0.2) is 29.3 Å². The highest BCUT2D eigenvalue weighted by Crippen LogP contribution is 2.21. The zero-order valence-corrected chi connectivity index (χ0v) is 18.7. The van der Waals surface area contributed by atoms with Crippen LogP contribution in [0.4, 0.5) is 10.1 Å². The number of nitrogens with zero attached hydrogens (tertiary/aromatic N) is 4. The molecular formula is C23H37FN6O. The third-order valence-corrected chi connectivity index (χ3v) is 6.10. The number of nitrogens with one attached hydrogen (secondary N) is 1. The van der Waals surface area contributed by atoms with E-state index in [-0.39, 0.29) is 11.7 Å². The van der Waals surface area contributed by atoms with Gasteiger partial charge in [-0.1, -0.05) is 12.1 Å². The van der Waals surface area contributed by atoms with Gasteiger partial charge in [0.25, 0.3) is 0 Å². The molecule has 2 aliphatic rings. The first-order chi connectivity index (χ1) is 15.1. The number of piperazine rings is 1. The molecular weight excluding hydrogens is 395 g/mol. The predicted octanol–water partition coefficient (Wildman–Crippen LogP) is 1.89. The molecule has 1 atom stereocenters. The van der Waals surface area contributed by atoms with Gasteiger partial charge >= 0.3 is 0 Å². The molecule has 1 aromatic carbocycles. The Kier molecular flexibility index (Phi) is 8.94. The lowest BCUT2D eigenvalue weighted by atomic mass is 9.95. The van der Waals surface area contributed by atoms with Gasteiger partial charge in [0.2, 0.25) is 5.91 Å². The second-order valence-corrected chi connectivity index (χ2v) is 8.49. The van der Waals surface area contributed by atoms with E-state index < -0.39 is 0 Å². The van der Waals surface area contributed by atoms with E-state index in [1.807, 2.05) is 12.1 Å². The van der Waals surface area contributed by atoms with Crippen LogP contribution in [0.5, 0.6) is 0 Å². The highest BCUT2D eigenvalue weighted by molar-refractivity contribution is 5.80. The summed E-state index contributed by atoms with van der Waals surface area (Å²) < 4.78 is 14.0. The van der Waals surface area contributed by atoms with Crippen LogP contribution in [0, 0.1) is 11.7 Å². The molecule has 3 rings (SSSR count). The number of carbonyl (C=O) groups excluding carboxylic acids is 1. The average molecular weight is 433 g/mol. The Balaban J connectivity index is 1.42. The zero-order valence-electron chi connectivity index (χ0n) is 18.7. The van der Waals surface area contributed by atoms with E-state index in [2.05, 4.69) is 26.9 Å². The molecule has 172 valence electrons. The fraction of sp³-hybridized carbons (Fsp3) is 0.652. The number of amides is 1. The van der Waals surface area contributed by atoms with Crippen molar-refractivity contribution in [3.05, 3.63) is 30.1 Å².